The third-order valence-electron chi connectivity index (χ3n) is 7.53. The van der Waals surface area contributed by atoms with Crippen molar-refractivity contribution in [1.29, 1.82) is 0 Å². The topological polar surface area (TPSA) is 14.8 Å². The van der Waals surface area contributed by atoms with Crippen LogP contribution >= 0.6 is 0 Å². The molecule has 10 aromatic rings. The summed E-state index contributed by atoms with van der Waals surface area (Å²) in [5.41, 5.74) is -6.38. The summed E-state index contributed by atoms with van der Waals surface area (Å²) in [6.45, 7) is 0. The van der Waals surface area contributed by atoms with Crippen LogP contribution in [0.3, 0.4) is 0 Å². The van der Waals surface area contributed by atoms with Crippen LogP contribution in [0, 0.1) is 0 Å². The average molecular weight is 601 g/mol. The fourth-order valence-corrected chi connectivity index (χ4v) is 5.75. The normalized spacial score (nSPS) is 20.4. The minimum atomic E-state index is -1.06. The van der Waals surface area contributed by atoms with E-state index in [9.17, 15) is 9.60 Å². The van der Waals surface area contributed by atoms with E-state index in [-0.39, 0.29) is 0 Å². The molecule has 0 radical (unpaired) electrons. The first-order chi connectivity index (χ1) is 33.6. The highest BCUT2D eigenvalue weighted by Crippen LogP contribution is 2.39. The Kier molecular flexibility index (Phi) is 2.04. The lowest BCUT2D eigenvalue weighted by molar-refractivity contribution is 1.09. The van der Waals surface area contributed by atoms with Gasteiger partial charge in [0, 0.05) is 38.0 Å². The summed E-state index contributed by atoms with van der Waals surface area (Å²) in [5.74, 6) is 0. The van der Waals surface area contributed by atoms with Crippen molar-refractivity contribution >= 4 is 65.4 Å². The van der Waals surface area contributed by atoms with Crippen molar-refractivity contribution in [3.05, 3.63) is 163 Å². The Balaban J connectivity index is 1.53. The smallest absolute Gasteiger partial charge is 0.0702 e. The number of aromatic nitrogens is 3. The van der Waals surface area contributed by atoms with Crippen LogP contribution in [0.5, 0.6) is 0 Å². The van der Waals surface area contributed by atoms with Gasteiger partial charge in [-0.3, -0.25) is 0 Å². The van der Waals surface area contributed by atoms with E-state index >= 15 is 0 Å². The van der Waals surface area contributed by atoms with E-state index in [1.165, 1.54) is 0 Å². The molecule has 3 nitrogen and oxygen atoms in total. The van der Waals surface area contributed by atoms with Crippen LogP contribution in [0.4, 0.5) is 0 Å². The molecule has 0 aliphatic carbocycles. The second-order valence-corrected chi connectivity index (χ2v) is 9.77. The van der Waals surface area contributed by atoms with Crippen molar-refractivity contribution in [2.24, 2.45) is 0 Å². The molecule has 0 bridgehead atoms. The Morgan fingerprint density at radius 1 is 0.289 bits per heavy atom. The lowest BCUT2D eigenvalue weighted by atomic mass is 10.1. The van der Waals surface area contributed by atoms with Gasteiger partial charge in [-0.1, -0.05) is 103 Å². The van der Waals surface area contributed by atoms with Gasteiger partial charge in [-0.15, -0.1) is 0 Å². The molecule has 7 aromatic carbocycles. The van der Waals surface area contributed by atoms with E-state index in [2.05, 4.69) is 0 Å². The first-order valence-corrected chi connectivity index (χ1v) is 13.3. The number of nitrogens with zero attached hydrogens (tertiary/aromatic N) is 3. The van der Waals surface area contributed by atoms with E-state index < -0.39 is 246 Å². The summed E-state index contributed by atoms with van der Waals surface area (Å²) in [7, 11) is 0. The summed E-state index contributed by atoms with van der Waals surface area (Å²) >= 11 is 0. The van der Waals surface area contributed by atoms with Crippen LogP contribution in [0.1, 0.15) is 37.0 Å². The van der Waals surface area contributed by atoms with Crippen molar-refractivity contribution in [2.45, 2.75) is 0 Å². The van der Waals surface area contributed by atoms with Gasteiger partial charge in [-0.2, -0.15) is 0 Å². The predicted octanol–water partition coefficient (Wildman–Crippen LogP) is 11.0. The molecule has 0 atom stereocenters. The zero-order valence-corrected chi connectivity index (χ0v) is 22.3. The first kappa shape index (κ1) is 9.98. The Morgan fingerprint density at radius 2 is 0.600 bits per heavy atom. The second kappa shape index (κ2) is 9.22. The number of benzene rings is 7. The maximum atomic E-state index is 9.97. The highest BCUT2D eigenvalue weighted by molar-refractivity contribution is 6.13. The fraction of sp³-hybridized carbons (Fsp3) is 0. The Labute approximate surface area is 297 Å². The van der Waals surface area contributed by atoms with Gasteiger partial charge in [0.25, 0.3) is 0 Å². The maximum Gasteiger partial charge on any atom is 0.0702 e. The molecule has 3 heterocycles. The lowest BCUT2D eigenvalue weighted by Crippen LogP contribution is -2.03. The van der Waals surface area contributed by atoms with Gasteiger partial charge in [-0.25, -0.2) is 0 Å². The fourth-order valence-electron chi connectivity index (χ4n) is 5.75. The maximum absolute atomic E-state index is 9.97. The highest BCUT2D eigenvalue weighted by atomic mass is 15.1. The molecule has 0 saturated heterocycles. The molecule has 0 aliphatic rings. The molecule has 0 amide bonds. The predicted molar refractivity (Wildman–Crippen MR) is 189 cm³/mol. The Hall–Kier alpha value is -6.06. The van der Waals surface area contributed by atoms with E-state index in [1.807, 2.05) is 0 Å². The average Bonchev–Trinajstić information content (AvgIpc) is 4.02. The van der Waals surface area contributed by atoms with E-state index in [0.717, 1.165) is 13.7 Å². The van der Waals surface area contributed by atoms with Crippen molar-refractivity contribution in [1.82, 2.24) is 13.7 Å². The van der Waals surface area contributed by atoms with Gasteiger partial charge in [0.1, 0.15) is 0 Å². The molecule has 0 unspecified atom stereocenters. The molecule has 3 aromatic heterocycles. The van der Waals surface area contributed by atoms with Crippen molar-refractivity contribution in [3.8, 4) is 17.1 Å². The van der Waals surface area contributed by atoms with Crippen LogP contribution in [-0.2, 0) is 0 Å². The van der Waals surface area contributed by atoms with Gasteiger partial charge in [0.2, 0.25) is 0 Å². The Morgan fingerprint density at radius 3 is 1.02 bits per heavy atom. The van der Waals surface area contributed by atoms with Crippen LogP contribution in [-0.4, -0.2) is 13.7 Å². The number of rotatable bonds is 3. The quantitative estimate of drug-likeness (QED) is 0.192. The molecule has 45 heavy (non-hydrogen) atoms. The summed E-state index contributed by atoms with van der Waals surface area (Å²) in [4.78, 5) is 0. The highest BCUT2D eigenvalue weighted by Gasteiger charge is 2.20. The molecular formula is C42H27N3. The van der Waals surface area contributed by atoms with Crippen molar-refractivity contribution in [2.75, 3.05) is 0 Å². The van der Waals surface area contributed by atoms with Crippen molar-refractivity contribution < 1.29 is 37.0 Å². The van der Waals surface area contributed by atoms with Crippen LogP contribution in [0.25, 0.3) is 82.5 Å². The van der Waals surface area contributed by atoms with Gasteiger partial charge >= 0.3 is 0 Å². The monoisotopic (exact) mass is 600 g/mol. The SMILES string of the molecule is [2H]c1c([2H])c([2H])c(-n2c3c([2H])c([2H])c([2H])c([2H])c3c3c([2H])c(-n4c5c([2H])c([2H])c([2H])c([2H])c5c5c([2H])c([2H])c([2H])c([2H])c54)c([2H])c([2H])c32)c(-n2c3c([2H])c([2H])c([2H])c([2H])c3c3c([2H])c([2H])c([2H])c([2H])c32)c1[2H]. The van der Waals surface area contributed by atoms with Gasteiger partial charge in [-0.05, 0) is 60.4 Å². The lowest BCUT2D eigenvalue weighted by Gasteiger charge is -2.16. The van der Waals surface area contributed by atoms with Gasteiger partial charge in [0.15, 0.2) is 0 Å². The van der Waals surface area contributed by atoms with Crippen LogP contribution < -0.4 is 0 Å². The number of hydrogen-bond acceptors (Lipinski definition) is 0. The molecule has 0 aliphatic heterocycles. The molecular weight excluding hydrogens is 546 g/mol. The largest absolute Gasteiger partial charge is 0.309 e. The first-order valence-electron chi connectivity index (χ1n) is 26.8. The molecule has 0 N–H and O–H groups in total. The molecule has 210 valence electrons. The van der Waals surface area contributed by atoms with Crippen molar-refractivity contribution in [3.63, 3.8) is 0 Å². The number of hydrogen-bond donors (Lipinski definition) is 0. The Bertz CT molecular complexity index is 4140. The van der Waals surface area contributed by atoms with E-state index in [4.69, 9.17) is 27.4 Å². The van der Waals surface area contributed by atoms with Crippen LogP contribution in [0.2, 0.25) is 0 Å². The zero-order chi connectivity index (χ0) is 53.0. The minimum Gasteiger partial charge on any atom is -0.309 e. The molecule has 3 heteroatoms. The van der Waals surface area contributed by atoms with Gasteiger partial charge in [0.05, 0.1) is 81.5 Å². The molecule has 0 fully saturated rings. The summed E-state index contributed by atoms with van der Waals surface area (Å²) in [5, 5.41) is -3.26. The standard InChI is InChI=1S/C42H27N3/c1-6-18-35-29(13-1)30-14-2-7-19-36(30)43(35)28-25-26-40-34(27-28)33-17-5-10-22-39(33)45(40)42-24-12-11-23-41(42)44-37-20-8-3-15-31(37)32-16-4-9-21-38(32)44/h1-27H/i1D,2D,3D,4D,5D,6D,7D,8D,9D,10D,11D,12D,13D,14D,15D,16D,17D,18D,19D,20D,21D,22D,23D,24D,25D,26D,27D. The summed E-state index contributed by atoms with van der Waals surface area (Å²) in [6.07, 6.45) is 0. The summed E-state index contributed by atoms with van der Waals surface area (Å²) < 4.78 is 245. The van der Waals surface area contributed by atoms with Gasteiger partial charge < -0.3 is 13.7 Å². The zero-order valence-electron chi connectivity index (χ0n) is 49.3. The second-order valence-electron chi connectivity index (χ2n) is 9.77. The minimum absolute atomic E-state index is 0.468. The third-order valence-corrected chi connectivity index (χ3v) is 7.53. The summed E-state index contributed by atoms with van der Waals surface area (Å²) in [6, 6.07) is -24.5. The molecule has 0 spiro atoms. The van der Waals surface area contributed by atoms with Crippen LogP contribution in [0.15, 0.2) is 163 Å². The van der Waals surface area contributed by atoms with E-state index in [0.29, 0.717) is 0 Å². The third kappa shape index (κ3) is 3.35. The molecule has 10 rings (SSSR count). The number of fused-ring (bicyclic) bond motifs is 9. The van der Waals surface area contributed by atoms with E-state index in [1.54, 1.807) is 0 Å². The molecule has 0 saturated carbocycles. The number of para-hydroxylation sites is 7.